The topological polar surface area (TPSA) is 67.9 Å². The van der Waals surface area contributed by atoms with Crippen LogP contribution in [0, 0.1) is 0 Å². The van der Waals surface area contributed by atoms with Crippen molar-refractivity contribution in [2.75, 3.05) is 20.3 Å². The molecule has 7 heteroatoms. The molecule has 0 unspecified atom stereocenters. The number of carbonyl (C=O) groups is 2. The Balaban J connectivity index is 2.12. The summed E-state index contributed by atoms with van der Waals surface area (Å²) in [5, 5.41) is 3.29. The minimum absolute atomic E-state index is 0.194. The maximum absolute atomic E-state index is 12.9. The molecule has 2 rings (SSSR count). The second-order valence-electron chi connectivity index (χ2n) is 6.15. The van der Waals surface area contributed by atoms with Gasteiger partial charge in [-0.05, 0) is 49.7 Å². The molecule has 2 amide bonds. The van der Waals surface area contributed by atoms with E-state index in [1.807, 2.05) is 25.1 Å². The van der Waals surface area contributed by atoms with E-state index in [1.54, 1.807) is 44.4 Å². The first-order valence-corrected chi connectivity index (χ1v) is 9.41. The van der Waals surface area contributed by atoms with Crippen LogP contribution in [0.5, 0.6) is 11.5 Å². The molecule has 0 bridgehead atoms. The van der Waals surface area contributed by atoms with Crippen molar-refractivity contribution in [2.24, 2.45) is 0 Å². The Morgan fingerprint density at radius 2 is 1.75 bits per heavy atom. The predicted octanol–water partition coefficient (Wildman–Crippen LogP) is 3.28. The molecule has 6 nitrogen and oxygen atoms in total. The first-order valence-electron chi connectivity index (χ1n) is 9.03. The molecule has 0 radical (unpaired) electrons. The van der Waals surface area contributed by atoms with E-state index >= 15 is 0 Å². The van der Waals surface area contributed by atoms with Crippen molar-refractivity contribution in [3.05, 3.63) is 59.1 Å². The summed E-state index contributed by atoms with van der Waals surface area (Å²) >= 11 is 6.24. The lowest BCUT2D eigenvalue weighted by atomic mass is 10.1. The van der Waals surface area contributed by atoms with E-state index in [2.05, 4.69) is 5.32 Å². The van der Waals surface area contributed by atoms with E-state index in [0.717, 1.165) is 5.56 Å². The van der Waals surface area contributed by atoms with Crippen molar-refractivity contribution in [3.8, 4) is 11.5 Å². The Labute approximate surface area is 170 Å². The Morgan fingerprint density at radius 3 is 2.36 bits per heavy atom. The third-order valence-corrected chi connectivity index (χ3v) is 4.61. The smallest absolute Gasteiger partial charge is 0.261 e. The number of carbonyl (C=O) groups excluding carboxylic acids is 2. The molecule has 2 aromatic carbocycles. The molecule has 0 aliphatic heterocycles. The quantitative estimate of drug-likeness (QED) is 0.696. The van der Waals surface area contributed by atoms with Gasteiger partial charge >= 0.3 is 0 Å². The van der Waals surface area contributed by atoms with Crippen LogP contribution in [-0.2, 0) is 16.1 Å². The summed E-state index contributed by atoms with van der Waals surface area (Å²) in [7, 11) is 1.58. The first-order chi connectivity index (χ1) is 13.5. The molecule has 28 heavy (non-hydrogen) atoms. The van der Waals surface area contributed by atoms with Gasteiger partial charge in [0, 0.05) is 18.1 Å². The fourth-order valence-electron chi connectivity index (χ4n) is 2.61. The van der Waals surface area contributed by atoms with Crippen molar-refractivity contribution in [3.63, 3.8) is 0 Å². The molecule has 0 saturated heterocycles. The average molecular weight is 405 g/mol. The van der Waals surface area contributed by atoms with Gasteiger partial charge in [-0.1, -0.05) is 29.8 Å². The van der Waals surface area contributed by atoms with E-state index < -0.39 is 6.04 Å². The SMILES string of the molecule is CCNC(=O)[C@@H](C)N(Cc1ccccc1Cl)C(=O)COc1ccc(OC)cc1. The second kappa shape index (κ2) is 10.6. The summed E-state index contributed by atoms with van der Waals surface area (Å²) in [5.41, 5.74) is 0.762. The molecule has 0 aromatic heterocycles. The van der Waals surface area contributed by atoms with Gasteiger partial charge in [-0.15, -0.1) is 0 Å². The van der Waals surface area contributed by atoms with E-state index in [9.17, 15) is 9.59 Å². The summed E-state index contributed by atoms with van der Waals surface area (Å²) in [6, 6.07) is 13.5. The lowest BCUT2D eigenvalue weighted by Gasteiger charge is -2.29. The van der Waals surface area contributed by atoms with Gasteiger partial charge in [-0.3, -0.25) is 9.59 Å². The zero-order chi connectivity index (χ0) is 20.5. The Hall–Kier alpha value is -2.73. The van der Waals surface area contributed by atoms with Crippen molar-refractivity contribution in [1.29, 1.82) is 0 Å². The summed E-state index contributed by atoms with van der Waals surface area (Å²) in [4.78, 5) is 26.6. The number of benzene rings is 2. The maximum Gasteiger partial charge on any atom is 0.261 e. The number of halogens is 1. The summed E-state index contributed by atoms with van der Waals surface area (Å²) < 4.78 is 10.7. The van der Waals surface area contributed by atoms with Crippen molar-refractivity contribution >= 4 is 23.4 Å². The van der Waals surface area contributed by atoms with Gasteiger partial charge in [-0.2, -0.15) is 0 Å². The molecule has 2 aromatic rings. The molecular weight excluding hydrogens is 380 g/mol. The molecule has 150 valence electrons. The molecule has 0 aliphatic carbocycles. The van der Waals surface area contributed by atoms with Gasteiger partial charge in [0.2, 0.25) is 5.91 Å². The standard InChI is InChI=1S/C21H25ClN2O4/c1-4-23-21(26)15(2)24(13-16-7-5-6-8-19(16)22)20(25)14-28-18-11-9-17(27-3)10-12-18/h5-12,15H,4,13-14H2,1-3H3,(H,23,26)/t15-/m1/s1. The zero-order valence-corrected chi connectivity index (χ0v) is 17.0. The van der Waals surface area contributed by atoms with Gasteiger partial charge in [-0.25, -0.2) is 0 Å². The van der Waals surface area contributed by atoms with Crippen LogP contribution in [0.25, 0.3) is 0 Å². The molecule has 0 spiro atoms. The maximum atomic E-state index is 12.9. The van der Waals surface area contributed by atoms with E-state index in [-0.39, 0.29) is 25.0 Å². The molecular formula is C21H25ClN2O4. The van der Waals surface area contributed by atoms with Crippen molar-refractivity contribution in [1.82, 2.24) is 10.2 Å². The fraction of sp³-hybridized carbons (Fsp3) is 0.333. The van der Waals surface area contributed by atoms with Crippen LogP contribution in [0.15, 0.2) is 48.5 Å². The third-order valence-electron chi connectivity index (χ3n) is 4.24. The number of hydrogen-bond donors (Lipinski definition) is 1. The highest BCUT2D eigenvalue weighted by Crippen LogP contribution is 2.20. The van der Waals surface area contributed by atoms with E-state index in [1.165, 1.54) is 4.90 Å². The number of hydrogen-bond acceptors (Lipinski definition) is 4. The lowest BCUT2D eigenvalue weighted by molar-refractivity contribution is -0.142. The number of methoxy groups -OCH3 is 1. The van der Waals surface area contributed by atoms with Gasteiger partial charge in [0.05, 0.1) is 7.11 Å². The van der Waals surface area contributed by atoms with Crippen LogP contribution in [0.2, 0.25) is 5.02 Å². The van der Waals surface area contributed by atoms with Crippen LogP contribution in [-0.4, -0.2) is 43.0 Å². The molecule has 0 fully saturated rings. The molecule has 0 saturated carbocycles. The zero-order valence-electron chi connectivity index (χ0n) is 16.3. The molecule has 1 N–H and O–H groups in total. The van der Waals surface area contributed by atoms with Crippen LogP contribution < -0.4 is 14.8 Å². The van der Waals surface area contributed by atoms with Crippen LogP contribution in [0.4, 0.5) is 0 Å². The van der Waals surface area contributed by atoms with Gasteiger partial charge in [0.1, 0.15) is 17.5 Å². The molecule has 0 aliphatic rings. The highest BCUT2D eigenvalue weighted by molar-refractivity contribution is 6.31. The normalized spacial score (nSPS) is 11.4. The van der Waals surface area contributed by atoms with Crippen molar-refractivity contribution < 1.29 is 19.1 Å². The predicted molar refractivity (Wildman–Crippen MR) is 109 cm³/mol. The number of likely N-dealkylation sites (N-methyl/N-ethyl adjacent to an activating group) is 1. The number of nitrogens with one attached hydrogen (secondary N) is 1. The fourth-order valence-corrected chi connectivity index (χ4v) is 2.81. The monoisotopic (exact) mass is 404 g/mol. The Kier molecular flexibility index (Phi) is 8.14. The summed E-state index contributed by atoms with van der Waals surface area (Å²) in [6.07, 6.45) is 0. The highest BCUT2D eigenvalue weighted by Gasteiger charge is 2.26. The molecule has 0 heterocycles. The van der Waals surface area contributed by atoms with E-state index in [0.29, 0.717) is 23.1 Å². The van der Waals surface area contributed by atoms with Crippen LogP contribution in [0.3, 0.4) is 0 Å². The largest absolute Gasteiger partial charge is 0.497 e. The minimum atomic E-state index is -0.664. The van der Waals surface area contributed by atoms with Gasteiger partial charge in [0.25, 0.3) is 5.91 Å². The van der Waals surface area contributed by atoms with Gasteiger partial charge in [0.15, 0.2) is 6.61 Å². The first kappa shape index (κ1) is 21.6. The van der Waals surface area contributed by atoms with Crippen molar-refractivity contribution in [2.45, 2.75) is 26.4 Å². The number of amides is 2. The lowest BCUT2D eigenvalue weighted by Crippen LogP contribution is -2.49. The number of nitrogens with zero attached hydrogens (tertiary/aromatic N) is 1. The third kappa shape index (κ3) is 5.89. The summed E-state index contributed by atoms with van der Waals surface area (Å²) in [5.74, 6) is 0.697. The minimum Gasteiger partial charge on any atom is -0.497 e. The summed E-state index contributed by atoms with van der Waals surface area (Å²) in [6.45, 7) is 4.02. The Bertz CT molecular complexity index is 795. The highest BCUT2D eigenvalue weighted by atomic mass is 35.5. The Morgan fingerprint density at radius 1 is 1.11 bits per heavy atom. The van der Waals surface area contributed by atoms with Crippen LogP contribution >= 0.6 is 11.6 Å². The number of ether oxygens (including phenoxy) is 2. The van der Waals surface area contributed by atoms with E-state index in [4.69, 9.17) is 21.1 Å². The van der Waals surface area contributed by atoms with Crippen LogP contribution in [0.1, 0.15) is 19.4 Å². The number of rotatable bonds is 9. The van der Waals surface area contributed by atoms with Gasteiger partial charge < -0.3 is 19.7 Å². The average Bonchev–Trinajstić information content (AvgIpc) is 2.71. The molecule has 1 atom stereocenters. The second-order valence-corrected chi connectivity index (χ2v) is 6.56.